The Labute approximate surface area is 215 Å². The predicted molar refractivity (Wildman–Crippen MR) is 144 cm³/mol. The van der Waals surface area contributed by atoms with Crippen LogP contribution in [0.1, 0.15) is 92.1 Å². The van der Waals surface area contributed by atoms with E-state index in [1.165, 1.54) is 43.9 Å². The average Bonchev–Trinajstić information content (AvgIpc) is 3.19. The number of hydrogen-bond acceptors (Lipinski definition) is 6. The van der Waals surface area contributed by atoms with Gasteiger partial charge in [0.25, 0.3) is 0 Å². The van der Waals surface area contributed by atoms with Crippen LogP contribution in [0.3, 0.4) is 0 Å². The molecule has 1 aromatic carbocycles. The van der Waals surface area contributed by atoms with E-state index >= 15 is 0 Å². The standard InChI is InChI=1S/C28H41BO5S/c1-7-8-9-10-11-12-17-28(6)24(19-25(31)35-28)32-20-23(30)18-21-13-15-22(16-14-21)29-33-26(2,3)27(4,5)34-29/h13-16,19H,7-12,17-18,20H2,1-6H3. The zero-order valence-electron chi connectivity index (χ0n) is 22.3. The highest BCUT2D eigenvalue weighted by atomic mass is 32.2. The zero-order chi connectivity index (χ0) is 25.7. The molecule has 1 atom stereocenters. The minimum atomic E-state index is -0.415. The van der Waals surface area contributed by atoms with Gasteiger partial charge in [0, 0.05) is 12.5 Å². The van der Waals surface area contributed by atoms with Crippen LogP contribution in [0.15, 0.2) is 36.1 Å². The maximum absolute atomic E-state index is 12.6. The van der Waals surface area contributed by atoms with E-state index in [1.54, 1.807) is 6.08 Å². The van der Waals surface area contributed by atoms with E-state index in [2.05, 4.69) is 13.8 Å². The van der Waals surface area contributed by atoms with E-state index in [-0.39, 0.29) is 39.9 Å². The number of carbonyl (C=O) groups excluding carboxylic acids is 2. The summed E-state index contributed by atoms with van der Waals surface area (Å²) >= 11 is 1.32. The van der Waals surface area contributed by atoms with Crippen LogP contribution in [0.4, 0.5) is 0 Å². The molecule has 2 aliphatic rings. The van der Waals surface area contributed by atoms with Crippen LogP contribution in [-0.2, 0) is 30.1 Å². The molecular formula is C28H41BO5S. The molecule has 0 saturated carbocycles. The summed E-state index contributed by atoms with van der Waals surface area (Å²) in [5.41, 5.74) is 1.08. The van der Waals surface area contributed by atoms with Crippen LogP contribution < -0.4 is 5.46 Å². The van der Waals surface area contributed by atoms with Gasteiger partial charge in [0.1, 0.15) is 12.4 Å². The first kappa shape index (κ1) is 28.0. The summed E-state index contributed by atoms with van der Waals surface area (Å²) in [4.78, 5) is 24.7. The van der Waals surface area contributed by atoms with E-state index in [0.717, 1.165) is 23.9 Å². The molecule has 5 nitrogen and oxygen atoms in total. The summed E-state index contributed by atoms with van der Waals surface area (Å²) < 4.78 is 17.7. The highest BCUT2D eigenvalue weighted by Crippen LogP contribution is 2.44. The Kier molecular flexibility index (Phi) is 9.33. The molecular weight excluding hydrogens is 459 g/mol. The molecule has 192 valence electrons. The number of hydrogen-bond donors (Lipinski definition) is 0. The van der Waals surface area contributed by atoms with E-state index < -0.39 is 7.12 Å². The monoisotopic (exact) mass is 500 g/mol. The molecule has 0 aromatic heterocycles. The average molecular weight is 501 g/mol. The maximum Gasteiger partial charge on any atom is 0.494 e. The first-order valence-electron chi connectivity index (χ1n) is 13.0. The van der Waals surface area contributed by atoms with Gasteiger partial charge in [-0.05, 0) is 52.1 Å². The van der Waals surface area contributed by atoms with Crippen molar-refractivity contribution in [2.45, 2.75) is 109 Å². The number of rotatable bonds is 13. The Balaban J connectivity index is 1.48. The van der Waals surface area contributed by atoms with Crippen molar-refractivity contribution in [2.24, 2.45) is 0 Å². The maximum atomic E-state index is 12.6. The minimum Gasteiger partial charge on any atom is -0.489 e. The number of thioether (sulfide) groups is 1. The molecule has 2 heterocycles. The summed E-state index contributed by atoms with van der Waals surface area (Å²) in [6.07, 6.45) is 9.97. The van der Waals surface area contributed by atoms with Gasteiger partial charge in [-0.25, -0.2) is 0 Å². The van der Waals surface area contributed by atoms with E-state index in [4.69, 9.17) is 14.0 Å². The highest BCUT2D eigenvalue weighted by Gasteiger charge is 2.51. The molecule has 0 bridgehead atoms. The van der Waals surface area contributed by atoms with Gasteiger partial charge < -0.3 is 14.0 Å². The smallest absolute Gasteiger partial charge is 0.489 e. The number of carbonyl (C=O) groups is 2. The molecule has 0 radical (unpaired) electrons. The number of benzene rings is 1. The fraction of sp³-hybridized carbons (Fsp3) is 0.643. The Hall–Kier alpha value is -1.57. The van der Waals surface area contributed by atoms with Crippen molar-refractivity contribution in [3.8, 4) is 0 Å². The number of ketones is 1. The fourth-order valence-corrected chi connectivity index (χ4v) is 5.46. The normalized spacial score (nSPS) is 23.0. The summed E-state index contributed by atoms with van der Waals surface area (Å²) in [5.74, 6) is 0.631. The topological polar surface area (TPSA) is 61.8 Å². The third-order valence-corrected chi connectivity index (χ3v) is 8.57. The first-order valence-corrected chi connectivity index (χ1v) is 13.8. The second-order valence-electron chi connectivity index (χ2n) is 11.0. The first-order chi connectivity index (χ1) is 16.5. The molecule has 0 spiro atoms. The lowest BCUT2D eigenvalue weighted by Gasteiger charge is -2.32. The Morgan fingerprint density at radius 1 is 0.943 bits per heavy atom. The molecule has 0 aliphatic carbocycles. The van der Waals surface area contributed by atoms with Gasteiger partial charge >= 0.3 is 7.12 Å². The minimum absolute atomic E-state index is 0.0132. The lowest BCUT2D eigenvalue weighted by Crippen LogP contribution is -2.41. The van der Waals surface area contributed by atoms with Gasteiger partial charge in [-0.1, -0.05) is 81.5 Å². The van der Waals surface area contributed by atoms with Gasteiger partial charge in [-0.2, -0.15) is 0 Å². The molecule has 1 aromatic rings. The molecule has 3 rings (SSSR count). The van der Waals surface area contributed by atoms with Crippen molar-refractivity contribution in [1.82, 2.24) is 0 Å². The van der Waals surface area contributed by atoms with E-state index in [0.29, 0.717) is 5.76 Å². The van der Waals surface area contributed by atoms with Crippen LogP contribution in [0, 0.1) is 0 Å². The number of ether oxygens (including phenoxy) is 1. The molecule has 1 fully saturated rings. The van der Waals surface area contributed by atoms with Gasteiger partial charge in [0.2, 0.25) is 5.12 Å². The van der Waals surface area contributed by atoms with Crippen molar-refractivity contribution in [2.75, 3.05) is 6.61 Å². The second kappa shape index (κ2) is 11.7. The SMILES string of the molecule is CCCCCCCCC1(C)SC(=O)C=C1OCC(=O)Cc1ccc(B2OC(C)(C)C(C)(C)O2)cc1. The Bertz CT molecular complexity index is 908. The summed E-state index contributed by atoms with van der Waals surface area (Å²) in [5, 5.41) is 0.0132. The van der Waals surface area contributed by atoms with E-state index in [9.17, 15) is 9.59 Å². The molecule has 7 heteroatoms. The van der Waals surface area contributed by atoms with Crippen molar-refractivity contribution < 1.29 is 23.6 Å². The van der Waals surface area contributed by atoms with Crippen molar-refractivity contribution in [3.05, 3.63) is 41.7 Å². The van der Waals surface area contributed by atoms with Gasteiger partial charge in [-0.15, -0.1) is 0 Å². The molecule has 0 amide bonds. The van der Waals surface area contributed by atoms with Crippen molar-refractivity contribution in [1.29, 1.82) is 0 Å². The summed E-state index contributed by atoms with van der Waals surface area (Å²) in [6.45, 7) is 12.4. The van der Waals surface area contributed by atoms with Gasteiger partial charge in [0.05, 0.1) is 15.9 Å². The van der Waals surface area contributed by atoms with E-state index in [1.807, 2.05) is 52.0 Å². The fourth-order valence-electron chi connectivity index (χ4n) is 4.38. The van der Waals surface area contributed by atoms with Crippen LogP contribution in [0.2, 0.25) is 0 Å². The summed E-state index contributed by atoms with van der Waals surface area (Å²) in [7, 11) is -0.415. The summed E-state index contributed by atoms with van der Waals surface area (Å²) in [6, 6.07) is 7.79. The number of Topliss-reactive ketones (excluding diaryl/α,β-unsaturated/α-hetero) is 1. The van der Waals surface area contributed by atoms with Crippen molar-refractivity contribution in [3.63, 3.8) is 0 Å². The van der Waals surface area contributed by atoms with Crippen LogP contribution in [0.25, 0.3) is 0 Å². The van der Waals surface area contributed by atoms with Crippen molar-refractivity contribution >= 4 is 35.2 Å². The zero-order valence-corrected chi connectivity index (χ0v) is 23.1. The van der Waals surface area contributed by atoms with Gasteiger partial charge in [-0.3, -0.25) is 9.59 Å². The quantitative estimate of drug-likeness (QED) is 0.253. The highest BCUT2D eigenvalue weighted by molar-refractivity contribution is 8.15. The molecule has 35 heavy (non-hydrogen) atoms. The van der Waals surface area contributed by atoms with Gasteiger partial charge in [0.15, 0.2) is 5.78 Å². The molecule has 1 unspecified atom stereocenters. The second-order valence-corrected chi connectivity index (χ2v) is 12.5. The third kappa shape index (κ3) is 7.24. The lowest BCUT2D eigenvalue weighted by molar-refractivity contribution is -0.122. The largest absolute Gasteiger partial charge is 0.494 e. The molecule has 0 N–H and O–H groups in total. The Morgan fingerprint density at radius 3 is 2.17 bits per heavy atom. The molecule has 2 aliphatic heterocycles. The van der Waals surface area contributed by atoms with Crippen LogP contribution in [-0.4, -0.2) is 40.6 Å². The lowest BCUT2D eigenvalue weighted by atomic mass is 9.78. The van der Waals surface area contributed by atoms with Crippen LogP contribution in [0.5, 0.6) is 0 Å². The Morgan fingerprint density at radius 2 is 1.54 bits per heavy atom. The third-order valence-electron chi connectivity index (χ3n) is 7.40. The molecule has 1 saturated heterocycles. The number of unbranched alkanes of at least 4 members (excludes halogenated alkanes) is 5. The predicted octanol–water partition coefficient (Wildman–Crippen LogP) is 5.78. The van der Waals surface area contributed by atoms with Crippen LogP contribution >= 0.6 is 11.8 Å².